The van der Waals surface area contributed by atoms with Gasteiger partial charge in [-0.25, -0.2) is 19.2 Å². The standard InChI is InChI=1S/C39H53N5O8/c1-39(2,3)52-37(47)40-22-14-13-21-34(43-38(48)51-30-33-19-11-6-12-20-33)27-44(25-23-41-35(45)49-28-31-15-7-4-8-16-31)26-24-42-36(46)50-29-32-17-9-5-10-18-32/h4-12,15-20,34H,13-14,21-30H2,1-3H3,(H,40,47)(H,41,45)(H,42,46)(H,43,48)/t34-/m0/s1. The van der Waals surface area contributed by atoms with Gasteiger partial charge in [0.05, 0.1) is 0 Å². The van der Waals surface area contributed by atoms with Gasteiger partial charge in [-0.2, -0.15) is 0 Å². The molecule has 4 amide bonds. The molecule has 0 aliphatic heterocycles. The number of hydrogen-bond donors (Lipinski definition) is 4. The van der Waals surface area contributed by atoms with Crippen molar-refractivity contribution in [1.82, 2.24) is 26.2 Å². The van der Waals surface area contributed by atoms with Crippen molar-refractivity contribution in [2.75, 3.05) is 39.3 Å². The quantitative estimate of drug-likeness (QED) is 0.0797. The molecular weight excluding hydrogens is 666 g/mol. The minimum Gasteiger partial charge on any atom is -0.445 e. The summed E-state index contributed by atoms with van der Waals surface area (Å²) in [6, 6.07) is 27.8. The molecule has 0 fully saturated rings. The molecule has 52 heavy (non-hydrogen) atoms. The number of nitrogens with one attached hydrogen (secondary N) is 4. The van der Waals surface area contributed by atoms with Crippen LogP contribution in [-0.2, 0) is 38.8 Å². The Bertz CT molecular complexity index is 1410. The lowest BCUT2D eigenvalue weighted by atomic mass is 10.1. The van der Waals surface area contributed by atoms with E-state index in [0.717, 1.165) is 16.7 Å². The van der Waals surface area contributed by atoms with Crippen LogP contribution in [-0.4, -0.2) is 80.2 Å². The van der Waals surface area contributed by atoms with Crippen molar-refractivity contribution in [2.24, 2.45) is 0 Å². The zero-order valence-corrected chi connectivity index (χ0v) is 30.4. The topological polar surface area (TPSA) is 157 Å². The van der Waals surface area contributed by atoms with Gasteiger partial charge in [0.25, 0.3) is 0 Å². The Labute approximate surface area is 306 Å². The van der Waals surface area contributed by atoms with E-state index in [9.17, 15) is 19.2 Å². The first-order chi connectivity index (χ1) is 25.1. The number of unbranched alkanes of at least 4 members (excludes halogenated alkanes) is 1. The Hall–Kier alpha value is -5.30. The summed E-state index contributed by atoms with van der Waals surface area (Å²) in [6.07, 6.45) is -0.243. The zero-order chi connectivity index (χ0) is 37.4. The van der Waals surface area contributed by atoms with Gasteiger partial charge in [-0.1, -0.05) is 91.0 Å². The lowest BCUT2D eigenvalue weighted by molar-refractivity contribution is 0.0526. The van der Waals surface area contributed by atoms with Crippen molar-refractivity contribution in [3.05, 3.63) is 108 Å². The van der Waals surface area contributed by atoms with Crippen LogP contribution in [0, 0.1) is 0 Å². The Balaban J connectivity index is 1.58. The number of amides is 4. The van der Waals surface area contributed by atoms with E-state index in [1.54, 1.807) is 20.8 Å². The van der Waals surface area contributed by atoms with Crippen molar-refractivity contribution < 1.29 is 38.1 Å². The van der Waals surface area contributed by atoms with Crippen molar-refractivity contribution in [2.45, 2.75) is 71.5 Å². The molecule has 13 heteroatoms. The third-order valence-electron chi connectivity index (χ3n) is 7.48. The van der Waals surface area contributed by atoms with Crippen LogP contribution in [0.4, 0.5) is 19.2 Å². The summed E-state index contributed by atoms with van der Waals surface area (Å²) in [6.45, 7) is 7.94. The van der Waals surface area contributed by atoms with E-state index in [2.05, 4.69) is 21.3 Å². The number of benzene rings is 3. The lowest BCUT2D eigenvalue weighted by Gasteiger charge is -2.28. The van der Waals surface area contributed by atoms with Crippen LogP contribution >= 0.6 is 0 Å². The highest BCUT2D eigenvalue weighted by Crippen LogP contribution is 2.09. The third kappa shape index (κ3) is 19.2. The smallest absolute Gasteiger partial charge is 0.407 e. The van der Waals surface area contributed by atoms with Gasteiger partial charge in [0.15, 0.2) is 0 Å². The first-order valence-electron chi connectivity index (χ1n) is 17.6. The first-order valence-corrected chi connectivity index (χ1v) is 17.6. The maximum atomic E-state index is 12.9. The van der Waals surface area contributed by atoms with Crippen LogP contribution in [0.3, 0.4) is 0 Å². The number of nitrogens with zero attached hydrogens (tertiary/aromatic N) is 1. The minimum absolute atomic E-state index is 0.118. The molecule has 0 aliphatic carbocycles. The van der Waals surface area contributed by atoms with Crippen LogP contribution in [0.5, 0.6) is 0 Å². The molecule has 0 aromatic heterocycles. The predicted octanol–water partition coefficient (Wildman–Crippen LogP) is 6.13. The van der Waals surface area contributed by atoms with Crippen LogP contribution in [0.15, 0.2) is 91.0 Å². The molecule has 3 aromatic rings. The number of ether oxygens (including phenoxy) is 4. The SMILES string of the molecule is CC(C)(C)OC(=O)NCCCC[C@@H](CN(CCNC(=O)OCc1ccccc1)CCNC(=O)OCc1ccccc1)NC(=O)OCc1ccccc1. The van der Waals surface area contributed by atoms with Gasteiger partial charge in [0, 0.05) is 45.3 Å². The van der Waals surface area contributed by atoms with Gasteiger partial charge < -0.3 is 40.2 Å². The van der Waals surface area contributed by atoms with Gasteiger partial charge in [-0.3, -0.25) is 4.90 Å². The molecule has 13 nitrogen and oxygen atoms in total. The molecular formula is C39H53N5O8. The van der Waals surface area contributed by atoms with Gasteiger partial charge in [0.2, 0.25) is 0 Å². The maximum Gasteiger partial charge on any atom is 0.407 e. The molecule has 3 rings (SSSR count). The molecule has 0 bridgehead atoms. The fourth-order valence-corrected chi connectivity index (χ4v) is 4.95. The van der Waals surface area contributed by atoms with Gasteiger partial charge in [-0.15, -0.1) is 0 Å². The Kier molecular flexibility index (Phi) is 18.4. The largest absolute Gasteiger partial charge is 0.445 e. The summed E-state index contributed by atoms with van der Waals surface area (Å²) in [4.78, 5) is 51.9. The number of carbonyl (C=O) groups excluding carboxylic acids is 4. The molecule has 0 radical (unpaired) electrons. The van der Waals surface area contributed by atoms with Gasteiger partial charge in [0.1, 0.15) is 25.4 Å². The molecule has 3 aromatic carbocycles. The van der Waals surface area contributed by atoms with Crippen molar-refractivity contribution in [3.63, 3.8) is 0 Å². The minimum atomic E-state index is -0.594. The molecule has 0 aliphatic rings. The predicted molar refractivity (Wildman–Crippen MR) is 197 cm³/mol. The number of carbonyl (C=O) groups is 4. The Morgan fingerprint density at radius 2 is 1.00 bits per heavy atom. The second kappa shape index (κ2) is 23.2. The van der Waals surface area contributed by atoms with Crippen LogP contribution < -0.4 is 21.3 Å². The summed E-state index contributed by atoms with van der Waals surface area (Å²) in [7, 11) is 0. The van der Waals surface area contributed by atoms with E-state index >= 15 is 0 Å². The van der Waals surface area contributed by atoms with Crippen LogP contribution in [0.2, 0.25) is 0 Å². The maximum absolute atomic E-state index is 12.9. The molecule has 0 saturated carbocycles. The van der Waals surface area contributed by atoms with Gasteiger partial charge in [-0.05, 0) is 56.7 Å². The summed E-state index contributed by atoms with van der Waals surface area (Å²) in [5.41, 5.74) is 2.01. The van der Waals surface area contributed by atoms with E-state index < -0.39 is 30.0 Å². The average molecular weight is 720 g/mol. The van der Waals surface area contributed by atoms with Gasteiger partial charge >= 0.3 is 24.4 Å². The Morgan fingerprint density at radius 1 is 0.577 bits per heavy atom. The highest BCUT2D eigenvalue weighted by molar-refractivity contribution is 5.68. The summed E-state index contributed by atoms with van der Waals surface area (Å²) in [5.74, 6) is 0. The number of rotatable bonds is 20. The molecule has 4 N–H and O–H groups in total. The fourth-order valence-electron chi connectivity index (χ4n) is 4.95. The molecule has 0 heterocycles. The summed E-state index contributed by atoms with van der Waals surface area (Å²) < 4.78 is 21.5. The monoisotopic (exact) mass is 719 g/mol. The summed E-state index contributed by atoms with van der Waals surface area (Å²) >= 11 is 0. The van der Waals surface area contributed by atoms with E-state index in [1.807, 2.05) is 95.9 Å². The van der Waals surface area contributed by atoms with E-state index in [0.29, 0.717) is 45.4 Å². The number of hydrogen-bond acceptors (Lipinski definition) is 9. The Morgan fingerprint density at radius 3 is 1.44 bits per heavy atom. The highest BCUT2D eigenvalue weighted by Gasteiger charge is 2.19. The molecule has 0 unspecified atom stereocenters. The molecule has 0 saturated heterocycles. The highest BCUT2D eigenvalue weighted by atomic mass is 16.6. The van der Waals surface area contributed by atoms with Crippen molar-refractivity contribution >= 4 is 24.4 Å². The lowest BCUT2D eigenvalue weighted by Crippen LogP contribution is -2.48. The van der Waals surface area contributed by atoms with Crippen molar-refractivity contribution in [1.29, 1.82) is 0 Å². The normalized spacial score (nSPS) is 11.5. The van der Waals surface area contributed by atoms with E-state index in [4.69, 9.17) is 18.9 Å². The number of alkyl carbamates (subject to hydrolysis) is 4. The average Bonchev–Trinajstić information content (AvgIpc) is 3.12. The van der Waals surface area contributed by atoms with Crippen LogP contribution in [0.1, 0.15) is 56.7 Å². The molecule has 0 spiro atoms. The first kappa shape index (κ1) is 41.1. The third-order valence-corrected chi connectivity index (χ3v) is 7.48. The molecule has 1 atom stereocenters. The summed E-state index contributed by atoms with van der Waals surface area (Å²) in [5, 5.41) is 11.3. The van der Waals surface area contributed by atoms with Crippen LogP contribution in [0.25, 0.3) is 0 Å². The van der Waals surface area contributed by atoms with E-state index in [-0.39, 0.29) is 39.0 Å². The van der Waals surface area contributed by atoms with Crippen molar-refractivity contribution in [3.8, 4) is 0 Å². The van der Waals surface area contributed by atoms with E-state index in [1.165, 1.54) is 0 Å². The zero-order valence-electron chi connectivity index (χ0n) is 30.4. The second-order valence-electron chi connectivity index (χ2n) is 13.1. The molecule has 282 valence electrons. The second-order valence-corrected chi connectivity index (χ2v) is 13.1. The fraction of sp³-hybridized carbons (Fsp3) is 0.436.